The second kappa shape index (κ2) is 8.50. The van der Waals surface area contributed by atoms with Gasteiger partial charge in [0.1, 0.15) is 5.75 Å². The smallest absolute Gasteiger partial charge is 0.224 e. The van der Waals surface area contributed by atoms with Gasteiger partial charge in [-0.05, 0) is 77.6 Å². The van der Waals surface area contributed by atoms with E-state index >= 15 is 0 Å². The largest absolute Gasteiger partial charge is 0.495 e. The van der Waals surface area contributed by atoms with Crippen molar-refractivity contribution in [2.75, 3.05) is 12.4 Å². The number of ether oxygens (including phenoxy) is 1. The van der Waals surface area contributed by atoms with Crippen LogP contribution in [-0.2, 0) is 16.8 Å². The molecule has 0 unspecified atom stereocenters. The minimum atomic E-state index is -0.157. The van der Waals surface area contributed by atoms with Crippen molar-refractivity contribution in [2.24, 2.45) is 0 Å². The van der Waals surface area contributed by atoms with Crippen molar-refractivity contribution >= 4 is 34.2 Å². The van der Waals surface area contributed by atoms with Gasteiger partial charge in [0, 0.05) is 28.6 Å². The SMILES string of the molecule is COc1cc(Cl)c(C)cc1NC(=O)CCc1c(C)nc2c(c(C)nn2C(C)(C)C)c1C. The van der Waals surface area contributed by atoms with Crippen molar-refractivity contribution in [3.63, 3.8) is 0 Å². The van der Waals surface area contributed by atoms with Gasteiger partial charge in [0.2, 0.25) is 5.91 Å². The van der Waals surface area contributed by atoms with Crippen LogP contribution < -0.4 is 10.1 Å². The van der Waals surface area contributed by atoms with Crippen molar-refractivity contribution in [3.05, 3.63) is 45.2 Å². The summed E-state index contributed by atoms with van der Waals surface area (Å²) < 4.78 is 7.35. The molecule has 0 spiro atoms. The maximum Gasteiger partial charge on any atom is 0.224 e. The Bertz CT molecular complexity index is 1160. The number of anilines is 1. The van der Waals surface area contributed by atoms with Gasteiger partial charge in [0.25, 0.3) is 0 Å². The minimum absolute atomic E-state index is 0.0824. The summed E-state index contributed by atoms with van der Waals surface area (Å²) in [4.78, 5) is 17.6. The zero-order valence-electron chi connectivity index (χ0n) is 19.6. The van der Waals surface area contributed by atoms with Crippen LogP contribution in [-0.4, -0.2) is 27.8 Å². The van der Waals surface area contributed by atoms with Crippen LogP contribution in [0.4, 0.5) is 5.69 Å². The number of methoxy groups -OCH3 is 1. The molecule has 0 saturated heterocycles. The zero-order chi connectivity index (χ0) is 23.1. The van der Waals surface area contributed by atoms with E-state index in [1.807, 2.05) is 31.5 Å². The molecule has 7 heteroatoms. The molecule has 0 aliphatic heterocycles. The van der Waals surface area contributed by atoms with Crippen LogP contribution in [0, 0.1) is 27.7 Å². The topological polar surface area (TPSA) is 69.0 Å². The highest BCUT2D eigenvalue weighted by molar-refractivity contribution is 6.31. The molecule has 1 N–H and O–H groups in total. The number of hydrogen-bond acceptors (Lipinski definition) is 4. The van der Waals surface area contributed by atoms with Crippen LogP contribution in [0.3, 0.4) is 0 Å². The average Bonchev–Trinajstić information content (AvgIpc) is 3.01. The van der Waals surface area contributed by atoms with Crippen LogP contribution in [0.5, 0.6) is 5.75 Å². The highest BCUT2D eigenvalue weighted by Crippen LogP contribution is 2.32. The summed E-state index contributed by atoms with van der Waals surface area (Å²) >= 11 is 6.16. The molecular formula is C24H31ClN4O2. The van der Waals surface area contributed by atoms with Gasteiger partial charge < -0.3 is 10.1 Å². The first-order chi connectivity index (χ1) is 14.4. The number of aryl methyl sites for hydroxylation is 4. The number of rotatable bonds is 5. The molecule has 2 heterocycles. The Morgan fingerprint density at radius 2 is 1.84 bits per heavy atom. The Morgan fingerprint density at radius 1 is 1.16 bits per heavy atom. The van der Waals surface area contributed by atoms with Crippen molar-refractivity contribution in [2.45, 2.75) is 66.8 Å². The normalized spacial score (nSPS) is 11.8. The number of amides is 1. The molecule has 0 aliphatic carbocycles. The third-order valence-corrected chi connectivity index (χ3v) is 5.97. The number of nitrogens with one attached hydrogen (secondary N) is 1. The standard InChI is InChI=1S/C24H31ClN4O2/c1-13-11-19(20(31-8)12-18(13)25)27-21(30)10-9-17-14(2)22-16(4)28-29(24(5,6)7)23(22)26-15(17)3/h11-12H,9-10H2,1-8H3,(H,27,30). The van der Waals surface area contributed by atoms with Crippen molar-refractivity contribution in [3.8, 4) is 5.75 Å². The van der Waals surface area contributed by atoms with Crippen LogP contribution in [0.2, 0.25) is 5.02 Å². The number of hydrogen-bond donors (Lipinski definition) is 1. The predicted molar refractivity (Wildman–Crippen MR) is 126 cm³/mol. The fourth-order valence-electron chi connectivity index (χ4n) is 3.92. The molecule has 1 amide bonds. The summed E-state index contributed by atoms with van der Waals surface area (Å²) in [5, 5.41) is 9.37. The van der Waals surface area contributed by atoms with Crippen molar-refractivity contribution < 1.29 is 9.53 Å². The minimum Gasteiger partial charge on any atom is -0.495 e. The summed E-state index contributed by atoms with van der Waals surface area (Å²) in [6.45, 7) is 14.4. The molecule has 0 saturated carbocycles. The lowest BCUT2D eigenvalue weighted by atomic mass is 9.99. The number of fused-ring (bicyclic) bond motifs is 1. The molecule has 0 fully saturated rings. The molecule has 0 bridgehead atoms. The average molecular weight is 443 g/mol. The van der Waals surface area contributed by atoms with Gasteiger partial charge >= 0.3 is 0 Å². The van der Waals surface area contributed by atoms with E-state index in [9.17, 15) is 4.79 Å². The second-order valence-electron chi connectivity index (χ2n) is 9.02. The number of nitrogens with zero attached hydrogens (tertiary/aromatic N) is 3. The number of pyridine rings is 1. The van der Waals surface area contributed by atoms with E-state index in [1.54, 1.807) is 13.2 Å². The summed E-state index contributed by atoms with van der Waals surface area (Å²) in [6.07, 6.45) is 0.938. The van der Waals surface area contributed by atoms with Crippen molar-refractivity contribution in [1.82, 2.24) is 14.8 Å². The van der Waals surface area contributed by atoms with E-state index in [0.29, 0.717) is 29.3 Å². The number of carbonyl (C=O) groups excluding carboxylic acids is 1. The van der Waals surface area contributed by atoms with Crippen LogP contribution >= 0.6 is 11.6 Å². The van der Waals surface area contributed by atoms with Crippen LogP contribution in [0.15, 0.2) is 12.1 Å². The number of benzene rings is 1. The Hall–Kier alpha value is -2.60. The Kier molecular flexibility index (Phi) is 6.33. The summed E-state index contributed by atoms with van der Waals surface area (Å²) in [7, 11) is 1.56. The maximum absolute atomic E-state index is 12.7. The van der Waals surface area contributed by atoms with E-state index in [2.05, 4.69) is 33.0 Å². The van der Waals surface area contributed by atoms with Gasteiger partial charge in [-0.3, -0.25) is 4.79 Å². The van der Waals surface area contributed by atoms with Gasteiger partial charge in [-0.25, -0.2) is 9.67 Å². The third kappa shape index (κ3) is 4.54. The lowest BCUT2D eigenvalue weighted by Gasteiger charge is -2.20. The third-order valence-electron chi connectivity index (χ3n) is 5.57. The maximum atomic E-state index is 12.7. The zero-order valence-corrected chi connectivity index (χ0v) is 20.4. The number of carbonyl (C=O) groups is 1. The van der Waals surface area contributed by atoms with Gasteiger partial charge in [-0.15, -0.1) is 0 Å². The first-order valence-corrected chi connectivity index (χ1v) is 10.8. The Morgan fingerprint density at radius 3 is 2.45 bits per heavy atom. The van der Waals surface area contributed by atoms with Crippen molar-refractivity contribution in [1.29, 1.82) is 0 Å². The molecular weight excluding hydrogens is 412 g/mol. The molecule has 0 atom stereocenters. The Balaban J connectivity index is 1.86. The molecule has 3 aromatic rings. The van der Waals surface area contributed by atoms with Crippen LogP contribution in [0.25, 0.3) is 11.0 Å². The molecule has 6 nitrogen and oxygen atoms in total. The summed E-state index contributed by atoms with van der Waals surface area (Å²) in [5.74, 6) is 0.464. The molecule has 166 valence electrons. The quantitative estimate of drug-likeness (QED) is 0.554. The highest BCUT2D eigenvalue weighted by Gasteiger charge is 2.23. The first-order valence-electron chi connectivity index (χ1n) is 10.4. The molecule has 31 heavy (non-hydrogen) atoms. The monoisotopic (exact) mass is 442 g/mol. The first kappa shape index (κ1) is 23.1. The molecule has 1 aromatic carbocycles. The second-order valence-corrected chi connectivity index (χ2v) is 9.42. The van der Waals surface area contributed by atoms with E-state index in [4.69, 9.17) is 26.4 Å². The molecule has 3 rings (SSSR count). The van der Waals surface area contributed by atoms with E-state index in [0.717, 1.165) is 39.1 Å². The predicted octanol–water partition coefficient (Wildman–Crippen LogP) is 5.65. The highest BCUT2D eigenvalue weighted by atomic mass is 35.5. The molecule has 0 radical (unpaired) electrons. The van der Waals surface area contributed by atoms with Gasteiger partial charge in [0.05, 0.1) is 24.0 Å². The summed E-state index contributed by atoms with van der Waals surface area (Å²) in [6, 6.07) is 3.54. The molecule has 0 aliphatic rings. The van der Waals surface area contributed by atoms with E-state index in [-0.39, 0.29) is 11.4 Å². The fraction of sp³-hybridized carbons (Fsp3) is 0.458. The fourth-order valence-corrected chi connectivity index (χ4v) is 4.08. The van der Waals surface area contributed by atoms with Gasteiger partial charge in [-0.1, -0.05) is 11.6 Å². The lowest BCUT2D eigenvalue weighted by molar-refractivity contribution is -0.116. The number of aromatic nitrogens is 3. The Labute approximate surface area is 189 Å². The number of halogens is 1. The van der Waals surface area contributed by atoms with Gasteiger partial charge in [0.15, 0.2) is 5.65 Å². The summed E-state index contributed by atoms with van der Waals surface area (Å²) in [5.41, 5.74) is 6.38. The van der Waals surface area contributed by atoms with Gasteiger partial charge in [-0.2, -0.15) is 5.10 Å². The van der Waals surface area contributed by atoms with Crippen LogP contribution in [0.1, 0.15) is 55.3 Å². The molecule has 2 aromatic heterocycles. The van der Waals surface area contributed by atoms with E-state index in [1.165, 1.54) is 0 Å². The van der Waals surface area contributed by atoms with E-state index < -0.39 is 0 Å². The lowest BCUT2D eigenvalue weighted by Crippen LogP contribution is -2.23.